The van der Waals surface area contributed by atoms with Gasteiger partial charge in [-0.1, -0.05) is 24.3 Å². The molecule has 2 aromatic rings. The highest BCUT2D eigenvalue weighted by Crippen LogP contribution is 2.15. The lowest BCUT2D eigenvalue weighted by Gasteiger charge is -2.15. The van der Waals surface area contributed by atoms with E-state index in [0.29, 0.717) is 6.04 Å². The van der Waals surface area contributed by atoms with Gasteiger partial charge in [-0.2, -0.15) is 0 Å². The first kappa shape index (κ1) is 15.4. The Morgan fingerprint density at radius 1 is 1.00 bits per heavy atom. The molecule has 0 spiro atoms. The molecule has 3 nitrogen and oxygen atoms in total. The average molecular weight is 285 g/mol. The van der Waals surface area contributed by atoms with Gasteiger partial charge in [0.1, 0.15) is 5.75 Å². The van der Waals surface area contributed by atoms with Crippen LogP contribution in [0.3, 0.4) is 0 Å². The van der Waals surface area contributed by atoms with Crippen molar-refractivity contribution in [1.29, 1.82) is 0 Å². The molecule has 0 aliphatic rings. The number of ether oxygens (including phenoxy) is 1. The fraction of sp³-hybridized carbons (Fsp3) is 0.333. The maximum Gasteiger partial charge on any atom is 0.118 e. The van der Waals surface area contributed by atoms with E-state index in [9.17, 15) is 0 Å². The van der Waals surface area contributed by atoms with Crippen LogP contribution in [-0.4, -0.2) is 18.3 Å². The van der Waals surface area contributed by atoms with Gasteiger partial charge in [-0.05, 0) is 55.2 Å². The minimum Gasteiger partial charge on any atom is -0.497 e. The van der Waals surface area contributed by atoms with Crippen LogP contribution in [0.2, 0.25) is 0 Å². The number of benzene rings is 2. The van der Waals surface area contributed by atoms with E-state index < -0.39 is 0 Å². The molecule has 0 amide bonds. The first-order chi connectivity index (χ1) is 10.2. The van der Waals surface area contributed by atoms with Crippen LogP contribution in [0.15, 0.2) is 48.5 Å². The van der Waals surface area contributed by atoms with Gasteiger partial charge in [0.05, 0.1) is 13.7 Å². The van der Waals surface area contributed by atoms with Crippen LogP contribution in [-0.2, 0) is 13.0 Å². The number of hydrogen-bond donors (Lipinski definition) is 2. The highest BCUT2D eigenvalue weighted by atomic mass is 16.5. The van der Waals surface area contributed by atoms with Crippen LogP contribution < -0.4 is 10.1 Å². The normalized spacial score (nSPS) is 12.0. The van der Waals surface area contributed by atoms with E-state index in [1.54, 1.807) is 7.11 Å². The monoisotopic (exact) mass is 285 g/mol. The van der Waals surface area contributed by atoms with Gasteiger partial charge >= 0.3 is 0 Å². The predicted molar refractivity (Wildman–Crippen MR) is 86.8 cm³/mol. The number of rotatable bonds is 7. The van der Waals surface area contributed by atoms with Crippen LogP contribution in [0, 0.1) is 0 Å². The molecule has 0 saturated carbocycles. The maximum atomic E-state index is 9.03. The molecule has 0 aliphatic heterocycles. The van der Waals surface area contributed by atoms with Crippen molar-refractivity contribution in [3.8, 4) is 5.75 Å². The summed E-state index contributed by atoms with van der Waals surface area (Å²) < 4.78 is 5.16. The molecule has 0 fully saturated rings. The van der Waals surface area contributed by atoms with E-state index in [4.69, 9.17) is 9.84 Å². The molecule has 0 saturated heterocycles. The summed E-state index contributed by atoms with van der Waals surface area (Å²) in [6.07, 6.45) is 2.10. The fourth-order valence-corrected chi connectivity index (χ4v) is 2.24. The fourth-order valence-electron chi connectivity index (χ4n) is 2.24. The zero-order valence-corrected chi connectivity index (χ0v) is 12.7. The molecule has 0 aromatic heterocycles. The van der Waals surface area contributed by atoms with Gasteiger partial charge < -0.3 is 15.2 Å². The highest BCUT2D eigenvalue weighted by Gasteiger charge is 2.03. The second-order valence-electron chi connectivity index (χ2n) is 5.29. The van der Waals surface area contributed by atoms with Gasteiger partial charge in [0.15, 0.2) is 0 Å². The van der Waals surface area contributed by atoms with Crippen molar-refractivity contribution in [2.75, 3.05) is 12.4 Å². The number of anilines is 1. The summed E-state index contributed by atoms with van der Waals surface area (Å²) in [5.41, 5.74) is 3.35. The lowest BCUT2D eigenvalue weighted by Crippen LogP contribution is -2.15. The summed E-state index contributed by atoms with van der Waals surface area (Å²) >= 11 is 0. The predicted octanol–water partition coefficient (Wildman–Crippen LogP) is 3.62. The largest absolute Gasteiger partial charge is 0.497 e. The minimum absolute atomic E-state index is 0.0906. The number of aliphatic hydroxyl groups excluding tert-OH is 1. The quantitative estimate of drug-likeness (QED) is 0.816. The third-order valence-electron chi connectivity index (χ3n) is 3.57. The van der Waals surface area contributed by atoms with E-state index in [1.165, 1.54) is 5.56 Å². The summed E-state index contributed by atoms with van der Waals surface area (Å²) in [5.74, 6) is 0.897. The second kappa shape index (κ2) is 7.70. The molecule has 3 heteroatoms. The van der Waals surface area contributed by atoms with Crippen LogP contribution in [0.25, 0.3) is 0 Å². The molecule has 21 heavy (non-hydrogen) atoms. The zero-order chi connectivity index (χ0) is 15.1. The van der Waals surface area contributed by atoms with Crippen LogP contribution >= 0.6 is 0 Å². The van der Waals surface area contributed by atoms with Gasteiger partial charge in [0, 0.05) is 11.7 Å². The molecule has 0 radical (unpaired) electrons. The summed E-state index contributed by atoms with van der Waals surface area (Å²) in [6, 6.07) is 16.5. The smallest absolute Gasteiger partial charge is 0.118 e. The Morgan fingerprint density at radius 3 is 2.19 bits per heavy atom. The molecule has 2 N–H and O–H groups in total. The molecule has 0 bridgehead atoms. The molecule has 0 heterocycles. The highest BCUT2D eigenvalue weighted by molar-refractivity contribution is 5.45. The summed E-state index contributed by atoms with van der Waals surface area (Å²) in [4.78, 5) is 0. The van der Waals surface area contributed by atoms with E-state index in [0.717, 1.165) is 29.8 Å². The lowest BCUT2D eigenvalue weighted by molar-refractivity contribution is 0.282. The van der Waals surface area contributed by atoms with Gasteiger partial charge in [0.2, 0.25) is 0 Å². The second-order valence-corrected chi connectivity index (χ2v) is 5.29. The van der Waals surface area contributed by atoms with E-state index in [-0.39, 0.29) is 6.61 Å². The molecular formula is C18H23NO2. The standard InChI is InChI=1S/C18H23NO2/c1-14(19-17-9-5-16(13-20)6-10-17)3-4-15-7-11-18(21-2)12-8-15/h5-12,14,19-20H,3-4,13H2,1-2H3. The van der Waals surface area contributed by atoms with Crippen molar-refractivity contribution in [2.24, 2.45) is 0 Å². The number of methoxy groups -OCH3 is 1. The topological polar surface area (TPSA) is 41.5 Å². The van der Waals surface area contributed by atoms with Crippen LogP contribution in [0.5, 0.6) is 5.75 Å². The molecule has 1 atom stereocenters. The summed E-state index contributed by atoms with van der Waals surface area (Å²) in [6.45, 7) is 2.27. The van der Waals surface area contributed by atoms with Crippen molar-refractivity contribution in [2.45, 2.75) is 32.4 Å². The average Bonchev–Trinajstić information content (AvgIpc) is 2.54. The Bertz CT molecular complexity index is 534. The van der Waals surface area contributed by atoms with E-state index in [2.05, 4.69) is 24.4 Å². The molecule has 2 rings (SSSR count). The molecule has 2 aromatic carbocycles. The molecular weight excluding hydrogens is 262 g/mol. The van der Waals surface area contributed by atoms with Crippen LogP contribution in [0.4, 0.5) is 5.69 Å². The molecule has 0 aliphatic carbocycles. The maximum absolute atomic E-state index is 9.03. The van der Waals surface area contributed by atoms with Crippen molar-refractivity contribution < 1.29 is 9.84 Å². The first-order valence-corrected chi connectivity index (χ1v) is 7.30. The zero-order valence-electron chi connectivity index (χ0n) is 12.7. The number of aliphatic hydroxyl groups is 1. The first-order valence-electron chi connectivity index (χ1n) is 7.30. The Labute approximate surface area is 126 Å². The molecule has 1 unspecified atom stereocenters. The van der Waals surface area contributed by atoms with Gasteiger partial charge in [-0.3, -0.25) is 0 Å². The van der Waals surface area contributed by atoms with E-state index in [1.807, 2.05) is 36.4 Å². The van der Waals surface area contributed by atoms with E-state index >= 15 is 0 Å². The SMILES string of the molecule is COc1ccc(CCC(C)Nc2ccc(CO)cc2)cc1. The molecule has 112 valence electrons. The van der Waals surface area contributed by atoms with Crippen molar-refractivity contribution in [3.05, 3.63) is 59.7 Å². The Kier molecular flexibility index (Phi) is 5.64. The minimum atomic E-state index is 0.0906. The number of aryl methyl sites for hydroxylation is 1. The summed E-state index contributed by atoms with van der Waals surface area (Å²) in [7, 11) is 1.68. The Balaban J connectivity index is 1.81. The summed E-state index contributed by atoms with van der Waals surface area (Å²) in [5, 5.41) is 12.5. The van der Waals surface area contributed by atoms with Crippen molar-refractivity contribution in [1.82, 2.24) is 0 Å². The van der Waals surface area contributed by atoms with Crippen molar-refractivity contribution in [3.63, 3.8) is 0 Å². The lowest BCUT2D eigenvalue weighted by atomic mass is 10.1. The van der Waals surface area contributed by atoms with Gasteiger partial charge in [-0.25, -0.2) is 0 Å². The number of nitrogens with one attached hydrogen (secondary N) is 1. The third-order valence-corrected chi connectivity index (χ3v) is 3.57. The van der Waals surface area contributed by atoms with Gasteiger partial charge in [-0.15, -0.1) is 0 Å². The Morgan fingerprint density at radius 2 is 1.62 bits per heavy atom. The third kappa shape index (κ3) is 4.80. The van der Waals surface area contributed by atoms with Gasteiger partial charge in [0.25, 0.3) is 0 Å². The van der Waals surface area contributed by atoms with Crippen LogP contribution in [0.1, 0.15) is 24.5 Å². The van der Waals surface area contributed by atoms with Crippen molar-refractivity contribution >= 4 is 5.69 Å². The Hall–Kier alpha value is -2.00. The number of hydrogen-bond acceptors (Lipinski definition) is 3.